The minimum atomic E-state index is -0.633. The van der Waals surface area contributed by atoms with Crippen LogP contribution in [0.3, 0.4) is 0 Å². The molecule has 3 rings (SSSR count). The molecule has 0 amide bonds. The van der Waals surface area contributed by atoms with E-state index in [9.17, 15) is 19.7 Å². The van der Waals surface area contributed by atoms with Crippen LogP contribution in [0.2, 0.25) is 0 Å². The van der Waals surface area contributed by atoms with Crippen LogP contribution in [0.15, 0.2) is 66.0 Å². The normalized spacial score (nSPS) is 10.5. The average molecular weight is 435 g/mol. The van der Waals surface area contributed by atoms with Crippen LogP contribution in [0.25, 0.3) is 0 Å². The minimum absolute atomic E-state index is 0.112. The van der Waals surface area contributed by atoms with Crippen molar-refractivity contribution in [2.75, 3.05) is 12.0 Å². The topological polar surface area (TPSA) is 146 Å². The number of carbonyl (C=O) groups is 2. The number of esters is 2. The van der Waals surface area contributed by atoms with Crippen LogP contribution in [0.5, 0.6) is 5.75 Å². The van der Waals surface area contributed by atoms with Crippen molar-refractivity contribution in [3.05, 3.63) is 87.7 Å². The summed E-state index contributed by atoms with van der Waals surface area (Å²) < 4.78 is 10.1. The number of nitrogens with zero attached hydrogens (tertiary/aromatic N) is 4. The van der Waals surface area contributed by atoms with Crippen molar-refractivity contribution in [2.45, 2.75) is 6.92 Å². The highest BCUT2D eigenvalue weighted by atomic mass is 16.6. The lowest BCUT2D eigenvalue weighted by Gasteiger charge is -2.04. The van der Waals surface area contributed by atoms with Crippen LogP contribution >= 0.6 is 0 Å². The van der Waals surface area contributed by atoms with Gasteiger partial charge in [0.1, 0.15) is 5.75 Å². The molecule has 2 aromatic carbocycles. The molecule has 0 radical (unpaired) electrons. The highest BCUT2D eigenvalue weighted by molar-refractivity contribution is 5.91. The summed E-state index contributed by atoms with van der Waals surface area (Å²) in [5, 5.41) is 14.7. The standard InChI is InChI=1S/C21H17N5O6/c1-2-31-19(27)16-12-22-21(23-13-16)25-24-11-14-3-9-18(10-4-14)32-20(28)15-5-7-17(8-6-15)26(29)30/h3-13H,2H2,1H3,(H,22,23,25)/b24-11-. The maximum atomic E-state index is 12.1. The summed E-state index contributed by atoms with van der Waals surface area (Å²) in [5.74, 6) is -0.636. The van der Waals surface area contributed by atoms with Gasteiger partial charge in [-0.15, -0.1) is 0 Å². The Morgan fingerprint density at radius 2 is 1.69 bits per heavy atom. The van der Waals surface area contributed by atoms with Gasteiger partial charge in [-0.3, -0.25) is 10.1 Å². The second-order valence-corrected chi connectivity index (χ2v) is 6.15. The van der Waals surface area contributed by atoms with Crippen LogP contribution in [-0.2, 0) is 4.74 Å². The van der Waals surface area contributed by atoms with Gasteiger partial charge in [-0.2, -0.15) is 5.10 Å². The van der Waals surface area contributed by atoms with Crippen LogP contribution in [0.1, 0.15) is 33.2 Å². The number of carbonyl (C=O) groups excluding carboxylic acids is 2. The molecule has 11 heteroatoms. The van der Waals surface area contributed by atoms with Gasteiger partial charge in [-0.05, 0) is 48.9 Å². The Hall–Kier alpha value is -4.67. The first-order chi connectivity index (χ1) is 15.5. The van der Waals surface area contributed by atoms with Crippen molar-refractivity contribution in [3.63, 3.8) is 0 Å². The van der Waals surface area contributed by atoms with E-state index in [0.29, 0.717) is 11.3 Å². The average Bonchev–Trinajstić information content (AvgIpc) is 2.81. The highest BCUT2D eigenvalue weighted by Crippen LogP contribution is 2.16. The van der Waals surface area contributed by atoms with Crippen molar-refractivity contribution in [3.8, 4) is 5.75 Å². The van der Waals surface area contributed by atoms with Crippen molar-refractivity contribution < 1.29 is 24.0 Å². The molecule has 162 valence electrons. The predicted octanol–water partition coefficient (Wildman–Crippen LogP) is 3.23. The number of benzene rings is 2. The van der Waals surface area contributed by atoms with Crippen LogP contribution < -0.4 is 10.2 Å². The molecule has 32 heavy (non-hydrogen) atoms. The van der Waals surface area contributed by atoms with Crippen LogP contribution in [0.4, 0.5) is 11.6 Å². The number of anilines is 1. The van der Waals surface area contributed by atoms with E-state index in [1.54, 1.807) is 31.2 Å². The van der Waals surface area contributed by atoms with E-state index >= 15 is 0 Å². The predicted molar refractivity (Wildman–Crippen MR) is 114 cm³/mol. The quantitative estimate of drug-likeness (QED) is 0.185. The summed E-state index contributed by atoms with van der Waals surface area (Å²) in [4.78, 5) is 41.8. The Labute approximate surface area is 181 Å². The maximum absolute atomic E-state index is 12.1. The minimum Gasteiger partial charge on any atom is -0.462 e. The molecular formula is C21H17N5O6. The summed E-state index contributed by atoms with van der Waals surface area (Å²) in [6, 6.07) is 11.6. The van der Waals surface area contributed by atoms with Gasteiger partial charge in [0.15, 0.2) is 0 Å². The number of rotatable bonds is 8. The molecule has 0 saturated carbocycles. The maximum Gasteiger partial charge on any atom is 0.343 e. The number of aromatic nitrogens is 2. The third-order valence-corrected chi connectivity index (χ3v) is 3.95. The van der Waals surface area contributed by atoms with Gasteiger partial charge < -0.3 is 9.47 Å². The van der Waals surface area contributed by atoms with Gasteiger partial charge in [0, 0.05) is 24.5 Å². The van der Waals surface area contributed by atoms with E-state index < -0.39 is 16.9 Å². The number of hydrogen-bond donors (Lipinski definition) is 1. The number of ether oxygens (including phenoxy) is 2. The number of hydrogen-bond acceptors (Lipinski definition) is 10. The molecule has 0 aliphatic rings. The van der Waals surface area contributed by atoms with Gasteiger partial charge in [-0.25, -0.2) is 25.0 Å². The molecule has 0 aliphatic heterocycles. The molecule has 1 heterocycles. The lowest BCUT2D eigenvalue weighted by molar-refractivity contribution is -0.384. The number of nitro benzene ring substituents is 1. The Morgan fingerprint density at radius 1 is 1.03 bits per heavy atom. The zero-order valence-corrected chi connectivity index (χ0v) is 16.8. The fourth-order valence-corrected chi connectivity index (χ4v) is 2.38. The monoisotopic (exact) mass is 435 g/mol. The number of nitrogens with one attached hydrogen (secondary N) is 1. The third kappa shape index (κ3) is 5.92. The van der Waals surface area contributed by atoms with Gasteiger partial charge in [0.25, 0.3) is 5.69 Å². The molecule has 0 fully saturated rings. The van der Waals surface area contributed by atoms with Gasteiger partial charge >= 0.3 is 11.9 Å². The molecule has 1 aromatic heterocycles. The molecule has 0 bridgehead atoms. The van der Waals surface area contributed by atoms with E-state index in [-0.39, 0.29) is 29.4 Å². The van der Waals surface area contributed by atoms with Crippen LogP contribution in [-0.4, -0.2) is 39.7 Å². The van der Waals surface area contributed by atoms with E-state index in [0.717, 1.165) is 0 Å². The Kier molecular flexibility index (Phi) is 7.15. The smallest absolute Gasteiger partial charge is 0.343 e. The Bertz CT molecular complexity index is 1130. The first kappa shape index (κ1) is 22.0. The van der Waals surface area contributed by atoms with E-state index in [4.69, 9.17) is 9.47 Å². The largest absolute Gasteiger partial charge is 0.462 e. The van der Waals surface area contributed by atoms with Crippen LogP contribution in [0, 0.1) is 10.1 Å². The molecule has 3 aromatic rings. The molecular weight excluding hydrogens is 418 g/mol. The van der Waals surface area contributed by atoms with E-state index in [2.05, 4.69) is 20.5 Å². The van der Waals surface area contributed by atoms with Crippen molar-refractivity contribution in [2.24, 2.45) is 5.10 Å². The molecule has 0 aliphatic carbocycles. The lowest BCUT2D eigenvalue weighted by Crippen LogP contribution is -2.08. The summed E-state index contributed by atoms with van der Waals surface area (Å²) in [5.41, 5.74) is 3.66. The molecule has 0 spiro atoms. The molecule has 11 nitrogen and oxygen atoms in total. The van der Waals surface area contributed by atoms with E-state index in [1.807, 2.05) is 0 Å². The second kappa shape index (κ2) is 10.4. The SMILES string of the molecule is CCOC(=O)c1cnc(N/N=C\c2ccc(OC(=O)c3ccc([N+](=O)[O-])cc3)cc2)nc1. The molecule has 0 atom stereocenters. The van der Waals surface area contributed by atoms with Crippen molar-refractivity contribution in [1.82, 2.24) is 9.97 Å². The molecule has 0 saturated heterocycles. The van der Waals surface area contributed by atoms with Gasteiger partial charge in [0.2, 0.25) is 5.95 Å². The highest BCUT2D eigenvalue weighted by Gasteiger charge is 2.11. The number of non-ortho nitro benzene ring substituents is 1. The number of nitro groups is 1. The molecule has 1 N–H and O–H groups in total. The van der Waals surface area contributed by atoms with Gasteiger partial charge in [-0.1, -0.05) is 0 Å². The van der Waals surface area contributed by atoms with Crippen molar-refractivity contribution >= 4 is 29.8 Å². The molecule has 0 unspecified atom stereocenters. The Balaban J connectivity index is 1.54. The first-order valence-electron chi connectivity index (χ1n) is 9.31. The fourth-order valence-electron chi connectivity index (χ4n) is 2.38. The van der Waals surface area contributed by atoms with Gasteiger partial charge in [0.05, 0.1) is 28.9 Å². The zero-order valence-electron chi connectivity index (χ0n) is 16.8. The fraction of sp³-hybridized carbons (Fsp3) is 0.0952. The summed E-state index contributed by atoms with van der Waals surface area (Å²) >= 11 is 0. The summed E-state index contributed by atoms with van der Waals surface area (Å²) in [6.45, 7) is 1.97. The first-order valence-corrected chi connectivity index (χ1v) is 9.31. The zero-order chi connectivity index (χ0) is 22.9. The van der Waals surface area contributed by atoms with Crippen molar-refractivity contribution in [1.29, 1.82) is 0 Å². The summed E-state index contributed by atoms with van der Waals surface area (Å²) in [7, 11) is 0. The second-order valence-electron chi connectivity index (χ2n) is 6.15. The Morgan fingerprint density at radius 3 is 2.28 bits per heavy atom. The third-order valence-electron chi connectivity index (χ3n) is 3.95. The number of hydrazone groups is 1. The summed E-state index contributed by atoms with van der Waals surface area (Å²) in [6.07, 6.45) is 4.17. The van der Waals surface area contributed by atoms with E-state index in [1.165, 1.54) is 42.9 Å². The lowest BCUT2D eigenvalue weighted by atomic mass is 10.2.